The van der Waals surface area contributed by atoms with Crippen molar-refractivity contribution < 1.29 is 17.6 Å². The molecule has 0 heterocycles. The van der Waals surface area contributed by atoms with Crippen LogP contribution in [0.3, 0.4) is 0 Å². The minimum Gasteiger partial charge on any atom is -0.394 e. The summed E-state index contributed by atoms with van der Waals surface area (Å²) in [5, 5.41) is 0. The van der Waals surface area contributed by atoms with Crippen molar-refractivity contribution in [1.29, 1.82) is 0 Å². The van der Waals surface area contributed by atoms with E-state index >= 15 is 0 Å². The highest BCUT2D eigenvalue weighted by Gasteiger charge is 2.12. The molecule has 0 aliphatic carbocycles. The van der Waals surface area contributed by atoms with Crippen LogP contribution in [-0.4, -0.2) is 0 Å². The minimum atomic E-state index is -0.966. The van der Waals surface area contributed by atoms with Crippen LogP contribution in [0.1, 0.15) is 5.56 Å². The summed E-state index contributed by atoms with van der Waals surface area (Å²) in [5.74, 6) is -3.48. The standard InChI is InChI=1S/C13H9F4N/c1-6-9(14)2-7(3-10(6)15)8-4-11(16)13(18)12(17)5-8/h2-5H,18H2,1H3. The molecule has 2 aromatic rings. The highest BCUT2D eigenvalue weighted by Crippen LogP contribution is 2.28. The zero-order valence-electron chi connectivity index (χ0n) is 9.40. The molecular formula is C13H9F4N. The van der Waals surface area contributed by atoms with E-state index in [4.69, 9.17) is 5.73 Å². The molecule has 0 saturated heterocycles. The van der Waals surface area contributed by atoms with Crippen LogP contribution in [0, 0.1) is 30.2 Å². The van der Waals surface area contributed by atoms with Crippen molar-refractivity contribution in [2.24, 2.45) is 0 Å². The molecule has 2 rings (SSSR count). The molecule has 0 amide bonds. The Hall–Kier alpha value is -2.04. The predicted octanol–water partition coefficient (Wildman–Crippen LogP) is 3.80. The summed E-state index contributed by atoms with van der Waals surface area (Å²) in [5.41, 5.74) is 4.43. The molecule has 2 aromatic carbocycles. The smallest absolute Gasteiger partial charge is 0.149 e. The van der Waals surface area contributed by atoms with E-state index in [2.05, 4.69) is 0 Å². The zero-order chi connectivity index (χ0) is 13.4. The van der Waals surface area contributed by atoms with Crippen LogP contribution in [-0.2, 0) is 0 Å². The number of anilines is 1. The number of hydrogen-bond acceptors (Lipinski definition) is 1. The van der Waals surface area contributed by atoms with Crippen LogP contribution in [0.2, 0.25) is 0 Å². The Bertz CT molecular complexity index is 521. The maximum absolute atomic E-state index is 13.4. The molecule has 0 unspecified atom stereocenters. The first kappa shape index (κ1) is 12.4. The number of halogens is 4. The fourth-order valence-electron chi connectivity index (χ4n) is 1.56. The van der Waals surface area contributed by atoms with Gasteiger partial charge in [-0.15, -0.1) is 0 Å². The predicted molar refractivity (Wildman–Crippen MR) is 60.9 cm³/mol. The molecule has 1 nitrogen and oxygen atoms in total. The van der Waals surface area contributed by atoms with Gasteiger partial charge in [0.05, 0.1) is 0 Å². The van der Waals surface area contributed by atoms with Gasteiger partial charge in [-0.1, -0.05) is 0 Å². The SMILES string of the molecule is Cc1c(F)cc(-c2cc(F)c(N)c(F)c2)cc1F. The van der Waals surface area contributed by atoms with E-state index in [1.165, 1.54) is 6.92 Å². The van der Waals surface area contributed by atoms with Gasteiger partial charge >= 0.3 is 0 Å². The van der Waals surface area contributed by atoms with Crippen molar-refractivity contribution in [3.05, 3.63) is 53.1 Å². The van der Waals surface area contributed by atoms with E-state index in [0.29, 0.717) is 0 Å². The van der Waals surface area contributed by atoms with Gasteiger partial charge in [0.1, 0.15) is 29.0 Å². The summed E-state index contributed by atoms with van der Waals surface area (Å²) in [6, 6.07) is 3.90. The lowest BCUT2D eigenvalue weighted by Gasteiger charge is -2.07. The fraction of sp³-hybridized carbons (Fsp3) is 0.0769. The van der Waals surface area contributed by atoms with Crippen molar-refractivity contribution in [2.45, 2.75) is 6.92 Å². The molecule has 0 fully saturated rings. The van der Waals surface area contributed by atoms with Crippen LogP contribution >= 0.6 is 0 Å². The summed E-state index contributed by atoms with van der Waals surface area (Å²) < 4.78 is 53.2. The van der Waals surface area contributed by atoms with Crippen molar-refractivity contribution in [3.63, 3.8) is 0 Å². The summed E-state index contributed by atoms with van der Waals surface area (Å²) in [6.45, 7) is 1.28. The Morgan fingerprint density at radius 2 is 1.06 bits per heavy atom. The molecule has 0 aliphatic heterocycles. The van der Waals surface area contributed by atoms with Gasteiger partial charge in [-0.25, -0.2) is 17.6 Å². The van der Waals surface area contributed by atoms with Crippen molar-refractivity contribution in [2.75, 3.05) is 5.73 Å². The van der Waals surface area contributed by atoms with Crippen LogP contribution in [0.15, 0.2) is 24.3 Å². The average molecular weight is 255 g/mol. The highest BCUT2D eigenvalue weighted by atomic mass is 19.1. The number of nitrogens with two attached hydrogens (primary N) is 1. The van der Waals surface area contributed by atoms with E-state index in [0.717, 1.165) is 24.3 Å². The molecule has 0 spiro atoms. The second-order valence-corrected chi connectivity index (χ2v) is 3.92. The average Bonchev–Trinajstić information content (AvgIpc) is 2.31. The summed E-state index contributed by atoms with van der Waals surface area (Å²) in [4.78, 5) is 0. The normalized spacial score (nSPS) is 10.7. The second kappa shape index (κ2) is 4.33. The van der Waals surface area contributed by atoms with Crippen molar-refractivity contribution in [1.82, 2.24) is 0 Å². The van der Waals surface area contributed by atoms with E-state index in [1.807, 2.05) is 0 Å². The van der Waals surface area contributed by atoms with E-state index in [-0.39, 0.29) is 16.7 Å². The minimum absolute atomic E-state index is 0.0250. The van der Waals surface area contributed by atoms with E-state index < -0.39 is 29.0 Å². The first-order chi connectivity index (χ1) is 8.40. The molecule has 5 heteroatoms. The Kier molecular flexibility index (Phi) is 2.98. The fourth-order valence-corrected chi connectivity index (χ4v) is 1.56. The van der Waals surface area contributed by atoms with Gasteiger partial charge in [0.15, 0.2) is 0 Å². The number of nitrogen functional groups attached to an aromatic ring is 1. The topological polar surface area (TPSA) is 26.0 Å². The Morgan fingerprint density at radius 1 is 0.722 bits per heavy atom. The van der Waals surface area contributed by atoms with Crippen molar-refractivity contribution in [3.8, 4) is 11.1 Å². The third-order valence-corrected chi connectivity index (χ3v) is 2.69. The molecule has 2 N–H and O–H groups in total. The quantitative estimate of drug-likeness (QED) is 0.608. The van der Waals surface area contributed by atoms with Gasteiger partial charge in [0.25, 0.3) is 0 Å². The Balaban J connectivity index is 2.63. The molecule has 0 aliphatic rings. The summed E-state index contributed by atoms with van der Waals surface area (Å²) in [7, 11) is 0. The van der Waals surface area contributed by atoms with Gasteiger partial charge in [-0.05, 0) is 42.3 Å². The molecule has 18 heavy (non-hydrogen) atoms. The summed E-state index contributed by atoms with van der Waals surface area (Å²) >= 11 is 0. The van der Waals surface area contributed by atoms with Gasteiger partial charge in [-0.3, -0.25) is 0 Å². The largest absolute Gasteiger partial charge is 0.394 e. The third kappa shape index (κ3) is 2.03. The molecule has 0 aromatic heterocycles. The van der Waals surface area contributed by atoms with Crippen LogP contribution in [0.5, 0.6) is 0 Å². The lowest BCUT2D eigenvalue weighted by Crippen LogP contribution is -1.97. The maximum atomic E-state index is 13.4. The molecule has 0 saturated carbocycles. The number of rotatable bonds is 1. The molecular weight excluding hydrogens is 246 g/mol. The number of benzene rings is 2. The maximum Gasteiger partial charge on any atom is 0.149 e. The van der Waals surface area contributed by atoms with Crippen LogP contribution in [0.25, 0.3) is 11.1 Å². The molecule has 0 radical (unpaired) electrons. The lowest BCUT2D eigenvalue weighted by molar-refractivity contribution is 0.568. The molecule has 94 valence electrons. The molecule has 0 atom stereocenters. The van der Waals surface area contributed by atoms with Gasteiger partial charge in [-0.2, -0.15) is 0 Å². The van der Waals surface area contributed by atoms with Crippen LogP contribution < -0.4 is 5.73 Å². The first-order valence-electron chi connectivity index (χ1n) is 5.10. The van der Waals surface area contributed by atoms with Gasteiger partial charge in [0.2, 0.25) is 0 Å². The van der Waals surface area contributed by atoms with Gasteiger partial charge < -0.3 is 5.73 Å². The van der Waals surface area contributed by atoms with Crippen LogP contribution in [0.4, 0.5) is 23.2 Å². The molecule has 0 bridgehead atoms. The van der Waals surface area contributed by atoms with E-state index in [9.17, 15) is 17.6 Å². The van der Waals surface area contributed by atoms with Crippen molar-refractivity contribution >= 4 is 5.69 Å². The Morgan fingerprint density at radius 3 is 1.44 bits per heavy atom. The lowest BCUT2D eigenvalue weighted by atomic mass is 10.0. The summed E-state index contributed by atoms with van der Waals surface area (Å²) in [6.07, 6.45) is 0. The monoisotopic (exact) mass is 255 g/mol. The zero-order valence-corrected chi connectivity index (χ0v) is 9.40. The van der Waals surface area contributed by atoms with Gasteiger partial charge in [0, 0.05) is 5.56 Å². The Labute approximate surface area is 101 Å². The first-order valence-corrected chi connectivity index (χ1v) is 5.10. The number of hydrogen-bond donors (Lipinski definition) is 1. The highest BCUT2D eigenvalue weighted by molar-refractivity contribution is 5.66. The van der Waals surface area contributed by atoms with E-state index in [1.54, 1.807) is 0 Å². The third-order valence-electron chi connectivity index (χ3n) is 2.69. The second-order valence-electron chi connectivity index (χ2n) is 3.92.